The number of sulfonamides is 1. The fourth-order valence-electron chi connectivity index (χ4n) is 2.71. The summed E-state index contributed by atoms with van der Waals surface area (Å²) >= 11 is 17.6. The average Bonchev–Trinajstić information content (AvgIpc) is 3.13. The van der Waals surface area contributed by atoms with Crippen molar-refractivity contribution in [2.75, 3.05) is 0 Å². The number of benzene rings is 3. The standard InChI is InChI=1S/C21H12Cl3NO5S.Na/c22-13-2-6-15(7-3-13)29-16-5-1-12-9-19(30-18(12)11-16)21(26)25-31(27,28)20-8-4-14(23)10-17(20)24;/h1-11H,(H,25,26);/q;+1/p-1. The molecule has 0 atom stereocenters. The van der Waals surface area contributed by atoms with Crippen LogP contribution in [0.4, 0.5) is 0 Å². The van der Waals surface area contributed by atoms with Gasteiger partial charge in [0.25, 0.3) is 0 Å². The van der Waals surface area contributed by atoms with Crippen molar-refractivity contribution in [1.82, 2.24) is 0 Å². The Morgan fingerprint density at radius 3 is 2.19 bits per heavy atom. The zero-order valence-electron chi connectivity index (χ0n) is 16.4. The zero-order chi connectivity index (χ0) is 22.2. The molecule has 0 radical (unpaired) electrons. The van der Waals surface area contributed by atoms with Crippen molar-refractivity contribution >= 4 is 61.7 Å². The van der Waals surface area contributed by atoms with Crippen LogP contribution in [0.5, 0.6) is 11.5 Å². The van der Waals surface area contributed by atoms with E-state index in [1.54, 1.807) is 42.5 Å². The number of nitrogens with zero attached hydrogens (tertiary/aromatic N) is 1. The van der Waals surface area contributed by atoms with Gasteiger partial charge in [0, 0.05) is 21.5 Å². The largest absolute Gasteiger partial charge is 1.00 e. The Hall–Kier alpha value is -1.71. The van der Waals surface area contributed by atoms with Crippen molar-refractivity contribution in [1.29, 1.82) is 0 Å². The van der Waals surface area contributed by atoms with E-state index in [1.807, 2.05) is 0 Å². The minimum absolute atomic E-state index is 0. The van der Waals surface area contributed by atoms with Crippen molar-refractivity contribution in [3.63, 3.8) is 0 Å². The Morgan fingerprint density at radius 1 is 0.844 bits per heavy atom. The number of carbonyl (C=O) groups excluding carboxylic acids is 1. The van der Waals surface area contributed by atoms with Crippen LogP contribution >= 0.6 is 34.8 Å². The van der Waals surface area contributed by atoms with E-state index in [1.165, 1.54) is 24.3 Å². The molecule has 0 bridgehead atoms. The maximum absolute atomic E-state index is 12.5. The molecule has 0 aliphatic heterocycles. The number of ether oxygens (including phenoxy) is 1. The molecule has 0 N–H and O–H groups in total. The Balaban J connectivity index is 0.00000289. The van der Waals surface area contributed by atoms with Gasteiger partial charge in [-0.15, -0.1) is 0 Å². The van der Waals surface area contributed by atoms with E-state index >= 15 is 0 Å². The summed E-state index contributed by atoms with van der Waals surface area (Å²) in [7, 11) is -4.36. The van der Waals surface area contributed by atoms with Gasteiger partial charge < -0.3 is 18.7 Å². The zero-order valence-corrected chi connectivity index (χ0v) is 21.5. The first-order valence-electron chi connectivity index (χ1n) is 8.66. The van der Waals surface area contributed by atoms with Crippen LogP contribution in [0.1, 0.15) is 10.6 Å². The molecule has 11 heteroatoms. The molecule has 1 amide bonds. The predicted octanol–water partition coefficient (Wildman–Crippen LogP) is 4.09. The Labute approximate surface area is 220 Å². The van der Waals surface area contributed by atoms with Crippen LogP contribution in [0.15, 0.2) is 76.0 Å². The quantitative estimate of drug-likeness (QED) is 0.371. The normalized spacial score (nSPS) is 11.1. The van der Waals surface area contributed by atoms with E-state index in [0.29, 0.717) is 27.5 Å². The first-order chi connectivity index (χ1) is 14.7. The molecule has 0 aliphatic carbocycles. The van der Waals surface area contributed by atoms with Gasteiger partial charge in [0.15, 0.2) is 5.76 Å². The van der Waals surface area contributed by atoms with Gasteiger partial charge >= 0.3 is 29.6 Å². The smallest absolute Gasteiger partial charge is 0.535 e. The Bertz CT molecular complexity index is 1400. The molecule has 1 aromatic heterocycles. The second-order valence-corrected chi connectivity index (χ2v) is 9.17. The number of amides is 1. The molecule has 158 valence electrons. The number of carbonyl (C=O) groups is 1. The van der Waals surface area contributed by atoms with Gasteiger partial charge in [-0.25, -0.2) is 8.42 Å². The van der Waals surface area contributed by atoms with Crippen molar-refractivity contribution in [2.24, 2.45) is 0 Å². The van der Waals surface area contributed by atoms with Crippen molar-refractivity contribution in [3.8, 4) is 11.5 Å². The summed E-state index contributed by atoms with van der Waals surface area (Å²) in [6.07, 6.45) is 0. The molecule has 32 heavy (non-hydrogen) atoms. The molecule has 6 nitrogen and oxygen atoms in total. The van der Waals surface area contributed by atoms with E-state index in [-0.39, 0.29) is 50.3 Å². The third-order valence-corrected chi connectivity index (χ3v) is 6.36. The van der Waals surface area contributed by atoms with Gasteiger partial charge in [0.2, 0.25) is 0 Å². The fourth-order valence-corrected chi connectivity index (χ4v) is 4.49. The van der Waals surface area contributed by atoms with Gasteiger partial charge in [-0.3, -0.25) is 0 Å². The van der Waals surface area contributed by atoms with Gasteiger partial charge in [0.1, 0.15) is 33.0 Å². The summed E-state index contributed by atoms with van der Waals surface area (Å²) < 4.78 is 39.4. The maximum Gasteiger partial charge on any atom is 1.00 e. The van der Waals surface area contributed by atoms with Gasteiger partial charge in [0.05, 0.1) is 9.92 Å². The van der Waals surface area contributed by atoms with E-state index in [4.69, 9.17) is 44.0 Å². The fraction of sp³-hybridized carbons (Fsp3) is 0. The van der Waals surface area contributed by atoms with E-state index < -0.39 is 15.9 Å². The van der Waals surface area contributed by atoms with Crippen LogP contribution in [0, 0.1) is 0 Å². The SMILES string of the molecule is O=C([N-]S(=O)(=O)c1ccc(Cl)cc1Cl)c1cc2ccc(Oc3ccc(Cl)cc3)cc2o1.[Na+]. The maximum atomic E-state index is 12.5. The number of hydrogen-bond acceptors (Lipinski definition) is 5. The van der Waals surface area contributed by atoms with Crippen LogP contribution < -0.4 is 34.3 Å². The molecule has 0 saturated heterocycles. The topological polar surface area (TPSA) is 87.7 Å². The molecule has 4 aromatic rings. The van der Waals surface area contributed by atoms with E-state index in [2.05, 4.69) is 4.72 Å². The summed E-state index contributed by atoms with van der Waals surface area (Å²) in [6, 6.07) is 16.9. The van der Waals surface area contributed by atoms with Crippen LogP contribution in [0.3, 0.4) is 0 Å². The number of furan rings is 1. The first kappa shape index (κ1) is 24.9. The van der Waals surface area contributed by atoms with Crippen molar-refractivity contribution in [2.45, 2.75) is 4.90 Å². The summed E-state index contributed by atoms with van der Waals surface area (Å²) in [4.78, 5) is 12.1. The molecule has 0 fully saturated rings. The Morgan fingerprint density at radius 2 is 1.50 bits per heavy atom. The number of rotatable bonds is 5. The average molecular weight is 519 g/mol. The molecule has 0 aliphatic rings. The minimum Gasteiger partial charge on any atom is -0.535 e. The van der Waals surface area contributed by atoms with Crippen molar-refractivity contribution < 1.29 is 51.9 Å². The molecule has 0 unspecified atom stereocenters. The third kappa shape index (κ3) is 5.61. The number of halogens is 3. The second kappa shape index (κ2) is 10.1. The van der Waals surface area contributed by atoms with E-state index in [0.717, 1.165) is 0 Å². The van der Waals surface area contributed by atoms with Crippen LogP contribution in [-0.4, -0.2) is 14.3 Å². The molecular formula is C21H11Cl3NNaO5S. The Kier molecular flexibility index (Phi) is 7.83. The molecule has 0 saturated carbocycles. The van der Waals surface area contributed by atoms with Crippen LogP contribution in [0.2, 0.25) is 15.1 Å². The third-order valence-electron chi connectivity index (χ3n) is 4.13. The second-order valence-electron chi connectivity index (χ2n) is 6.31. The molecule has 4 rings (SSSR count). The summed E-state index contributed by atoms with van der Waals surface area (Å²) in [5.74, 6) is -0.289. The molecule has 3 aromatic carbocycles. The minimum atomic E-state index is -4.36. The molecule has 1 heterocycles. The first-order valence-corrected chi connectivity index (χ1v) is 11.2. The van der Waals surface area contributed by atoms with Crippen LogP contribution in [-0.2, 0) is 10.0 Å². The van der Waals surface area contributed by atoms with Crippen LogP contribution in [0.25, 0.3) is 15.7 Å². The summed E-state index contributed by atoms with van der Waals surface area (Å²) in [6.45, 7) is 0. The predicted molar refractivity (Wildman–Crippen MR) is 119 cm³/mol. The summed E-state index contributed by atoms with van der Waals surface area (Å²) in [5, 5.41) is 1.27. The molecular weight excluding hydrogens is 508 g/mol. The van der Waals surface area contributed by atoms with Gasteiger partial charge in [-0.1, -0.05) is 34.8 Å². The molecule has 0 spiro atoms. The van der Waals surface area contributed by atoms with Gasteiger partial charge in [-0.2, -0.15) is 0 Å². The monoisotopic (exact) mass is 517 g/mol. The van der Waals surface area contributed by atoms with Gasteiger partial charge in [-0.05, 0) is 60.7 Å². The summed E-state index contributed by atoms with van der Waals surface area (Å²) in [5.41, 5.74) is 0.326. The number of hydrogen-bond donors (Lipinski definition) is 0. The van der Waals surface area contributed by atoms with Crippen molar-refractivity contribution in [3.05, 3.63) is 92.3 Å². The van der Waals surface area contributed by atoms with E-state index in [9.17, 15) is 13.2 Å². The number of fused-ring (bicyclic) bond motifs is 1.